The third-order valence-corrected chi connectivity index (χ3v) is 2.36. The zero-order valence-electron chi connectivity index (χ0n) is 10.5. The molecule has 0 aliphatic rings. The summed E-state index contributed by atoms with van der Waals surface area (Å²) in [6.07, 6.45) is 0. The first-order valence-electron chi connectivity index (χ1n) is 5.55. The fraction of sp³-hybridized carbons (Fsp3) is 0.462. The lowest BCUT2D eigenvalue weighted by Crippen LogP contribution is -2.36. The topological polar surface area (TPSA) is 47.6 Å². The van der Waals surface area contributed by atoms with E-state index in [0.29, 0.717) is 18.8 Å². The average Bonchev–Trinajstić information content (AvgIpc) is 2.30. The van der Waals surface area contributed by atoms with E-state index in [-0.39, 0.29) is 11.9 Å². The average molecular weight is 237 g/mol. The molecule has 1 aromatic carbocycles. The first-order valence-corrected chi connectivity index (χ1v) is 5.55. The van der Waals surface area contributed by atoms with Crippen molar-refractivity contribution in [3.8, 4) is 0 Å². The Hall–Kier alpha value is -1.39. The Bertz CT molecular complexity index is 365. The maximum absolute atomic E-state index is 12.0. The number of carbonyl (C=O) groups excluding carboxylic acids is 1. The van der Waals surface area contributed by atoms with Gasteiger partial charge in [0.15, 0.2) is 0 Å². The zero-order chi connectivity index (χ0) is 12.7. The lowest BCUT2D eigenvalue weighted by molar-refractivity contribution is 0.0901. The smallest absolute Gasteiger partial charge is 0.251 e. The number of benzene rings is 1. The van der Waals surface area contributed by atoms with Gasteiger partial charge in [0, 0.05) is 25.8 Å². The Labute approximate surface area is 102 Å². The molecule has 1 rings (SSSR count). The normalized spacial score (nSPS) is 12.2. The van der Waals surface area contributed by atoms with Crippen LogP contribution in [0.4, 0.5) is 0 Å². The number of ether oxygens (including phenoxy) is 2. The van der Waals surface area contributed by atoms with Crippen LogP contribution in [0.1, 0.15) is 22.8 Å². The zero-order valence-corrected chi connectivity index (χ0v) is 10.5. The molecular weight excluding hydrogens is 218 g/mol. The molecule has 0 radical (unpaired) electrons. The van der Waals surface area contributed by atoms with Crippen LogP contribution in [0.25, 0.3) is 0 Å². The predicted molar refractivity (Wildman–Crippen MR) is 66.0 cm³/mol. The molecule has 0 heterocycles. The summed E-state index contributed by atoms with van der Waals surface area (Å²) in [5, 5.41) is 2.88. The number of hydrogen-bond donors (Lipinski definition) is 1. The SMILES string of the molecule is COCc1ccccc1C(=O)NC(C)COC. The van der Waals surface area contributed by atoms with Crippen molar-refractivity contribution in [2.45, 2.75) is 19.6 Å². The van der Waals surface area contributed by atoms with Gasteiger partial charge in [0.25, 0.3) is 5.91 Å². The molecular formula is C13H19NO3. The fourth-order valence-corrected chi connectivity index (χ4v) is 1.62. The summed E-state index contributed by atoms with van der Waals surface area (Å²) in [5.74, 6) is -0.0952. The number of rotatable bonds is 6. The van der Waals surface area contributed by atoms with Crippen molar-refractivity contribution >= 4 is 5.91 Å². The van der Waals surface area contributed by atoms with Crippen molar-refractivity contribution in [1.29, 1.82) is 0 Å². The van der Waals surface area contributed by atoms with Gasteiger partial charge in [0.05, 0.1) is 13.2 Å². The predicted octanol–water partition coefficient (Wildman–Crippen LogP) is 1.60. The van der Waals surface area contributed by atoms with E-state index in [1.807, 2.05) is 25.1 Å². The first-order chi connectivity index (χ1) is 8.19. The van der Waals surface area contributed by atoms with Crippen molar-refractivity contribution in [2.24, 2.45) is 0 Å². The lowest BCUT2D eigenvalue weighted by atomic mass is 10.1. The molecule has 0 aliphatic heterocycles. The summed E-state index contributed by atoms with van der Waals surface area (Å²) in [7, 11) is 3.23. The number of nitrogens with one attached hydrogen (secondary N) is 1. The highest BCUT2D eigenvalue weighted by atomic mass is 16.5. The minimum absolute atomic E-state index is 0.0110. The van der Waals surface area contributed by atoms with E-state index >= 15 is 0 Å². The van der Waals surface area contributed by atoms with Crippen molar-refractivity contribution < 1.29 is 14.3 Å². The van der Waals surface area contributed by atoms with E-state index in [1.54, 1.807) is 20.3 Å². The Morgan fingerprint density at radius 2 is 2.00 bits per heavy atom. The number of hydrogen-bond acceptors (Lipinski definition) is 3. The summed E-state index contributed by atoms with van der Waals surface area (Å²) >= 11 is 0. The van der Waals surface area contributed by atoms with Crippen molar-refractivity contribution in [3.63, 3.8) is 0 Å². The summed E-state index contributed by atoms with van der Waals surface area (Å²) < 4.78 is 10.0. The van der Waals surface area contributed by atoms with Gasteiger partial charge < -0.3 is 14.8 Å². The highest BCUT2D eigenvalue weighted by molar-refractivity contribution is 5.95. The highest BCUT2D eigenvalue weighted by Gasteiger charge is 2.12. The molecule has 0 saturated carbocycles. The second-order valence-corrected chi connectivity index (χ2v) is 3.92. The van der Waals surface area contributed by atoms with Crippen LogP contribution >= 0.6 is 0 Å². The van der Waals surface area contributed by atoms with Crippen LogP contribution in [0.5, 0.6) is 0 Å². The molecule has 0 bridgehead atoms. The van der Waals surface area contributed by atoms with Gasteiger partial charge in [-0.05, 0) is 18.6 Å². The molecule has 4 nitrogen and oxygen atoms in total. The Balaban J connectivity index is 2.74. The molecule has 0 saturated heterocycles. The second kappa shape index (κ2) is 7.04. The standard InChI is InChI=1S/C13H19NO3/c1-10(8-16-2)14-13(15)12-7-5-4-6-11(12)9-17-3/h4-7,10H,8-9H2,1-3H3,(H,14,15). The summed E-state index contributed by atoms with van der Waals surface area (Å²) in [4.78, 5) is 12.0. The highest BCUT2D eigenvalue weighted by Crippen LogP contribution is 2.10. The van der Waals surface area contributed by atoms with Gasteiger partial charge in [-0.25, -0.2) is 0 Å². The summed E-state index contributed by atoms with van der Waals surface area (Å²) in [6, 6.07) is 7.41. The lowest BCUT2D eigenvalue weighted by Gasteiger charge is -2.14. The first kappa shape index (κ1) is 13.7. The molecule has 1 amide bonds. The van der Waals surface area contributed by atoms with Gasteiger partial charge in [-0.1, -0.05) is 18.2 Å². The van der Waals surface area contributed by atoms with Gasteiger partial charge in [-0.2, -0.15) is 0 Å². The third-order valence-electron chi connectivity index (χ3n) is 2.36. The summed E-state index contributed by atoms with van der Waals surface area (Å²) in [5.41, 5.74) is 1.54. The van der Waals surface area contributed by atoms with Crippen LogP contribution < -0.4 is 5.32 Å². The number of methoxy groups -OCH3 is 2. The molecule has 0 aliphatic carbocycles. The minimum Gasteiger partial charge on any atom is -0.383 e. The van der Waals surface area contributed by atoms with E-state index in [2.05, 4.69) is 5.32 Å². The summed E-state index contributed by atoms with van der Waals surface area (Å²) in [6.45, 7) is 2.83. The molecule has 1 unspecified atom stereocenters. The molecule has 0 spiro atoms. The van der Waals surface area contributed by atoms with Gasteiger partial charge >= 0.3 is 0 Å². The van der Waals surface area contributed by atoms with E-state index < -0.39 is 0 Å². The van der Waals surface area contributed by atoms with E-state index in [4.69, 9.17) is 9.47 Å². The molecule has 0 fully saturated rings. The Morgan fingerprint density at radius 1 is 1.29 bits per heavy atom. The minimum atomic E-state index is -0.0952. The number of carbonyl (C=O) groups is 1. The van der Waals surface area contributed by atoms with Crippen LogP contribution in [-0.4, -0.2) is 32.8 Å². The Morgan fingerprint density at radius 3 is 2.65 bits per heavy atom. The molecule has 0 aromatic heterocycles. The van der Waals surface area contributed by atoms with Crippen molar-refractivity contribution in [2.75, 3.05) is 20.8 Å². The molecule has 17 heavy (non-hydrogen) atoms. The monoisotopic (exact) mass is 237 g/mol. The van der Waals surface area contributed by atoms with Crippen LogP contribution in [-0.2, 0) is 16.1 Å². The Kier molecular flexibility index (Phi) is 5.66. The van der Waals surface area contributed by atoms with E-state index in [0.717, 1.165) is 5.56 Å². The third kappa shape index (κ3) is 4.17. The maximum Gasteiger partial charge on any atom is 0.251 e. The number of amides is 1. The largest absolute Gasteiger partial charge is 0.383 e. The van der Waals surface area contributed by atoms with E-state index in [1.165, 1.54) is 0 Å². The second-order valence-electron chi connectivity index (χ2n) is 3.92. The van der Waals surface area contributed by atoms with Crippen molar-refractivity contribution in [1.82, 2.24) is 5.32 Å². The van der Waals surface area contributed by atoms with Crippen LogP contribution in [0.3, 0.4) is 0 Å². The molecule has 94 valence electrons. The molecule has 1 N–H and O–H groups in total. The molecule has 4 heteroatoms. The van der Waals surface area contributed by atoms with Gasteiger partial charge in [-0.15, -0.1) is 0 Å². The fourth-order valence-electron chi connectivity index (χ4n) is 1.62. The van der Waals surface area contributed by atoms with Crippen LogP contribution in [0.2, 0.25) is 0 Å². The van der Waals surface area contributed by atoms with Gasteiger partial charge in [0.2, 0.25) is 0 Å². The van der Waals surface area contributed by atoms with E-state index in [9.17, 15) is 4.79 Å². The van der Waals surface area contributed by atoms with Crippen LogP contribution in [0.15, 0.2) is 24.3 Å². The van der Waals surface area contributed by atoms with Crippen LogP contribution in [0, 0.1) is 0 Å². The van der Waals surface area contributed by atoms with Gasteiger partial charge in [0.1, 0.15) is 0 Å². The molecule has 1 aromatic rings. The maximum atomic E-state index is 12.0. The molecule has 1 atom stereocenters. The van der Waals surface area contributed by atoms with Crippen molar-refractivity contribution in [3.05, 3.63) is 35.4 Å². The van der Waals surface area contributed by atoms with Gasteiger partial charge in [-0.3, -0.25) is 4.79 Å². The quantitative estimate of drug-likeness (QED) is 0.817.